The van der Waals surface area contributed by atoms with Crippen molar-refractivity contribution < 1.29 is 8.78 Å². The van der Waals surface area contributed by atoms with Crippen LogP contribution in [-0.4, -0.2) is 18.5 Å². The first kappa shape index (κ1) is 7.92. The summed E-state index contributed by atoms with van der Waals surface area (Å²) in [7, 11) is 0. The van der Waals surface area contributed by atoms with E-state index in [2.05, 4.69) is 5.32 Å². The van der Waals surface area contributed by atoms with Crippen molar-refractivity contribution in [2.45, 2.75) is 38.2 Å². The second kappa shape index (κ2) is 2.82. The van der Waals surface area contributed by atoms with Gasteiger partial charge in [-0.15, -0.1) is 0 Å². The fourth-order valence-electron chi connectivity index (χ4n) is 1.43. The summed E-state index contributed by atoms with van der Waals surface area (Å²) in [6.07, 6.45) is 1.34. The summed E-state index contributed by atoms with van der Waals surface area (Å²) in [5, 5.41) is 2.78. The van der Waals surface area contributed by atoms with Crippen molar-refractivity contribution in [3.8, 4) is 0 Å². The highest BCUT2D eigenvalue weighted by atomic mass is 19.3. The Balaban J connectivity index is 2.43. The van der Waals surface area contributed by atoms with Gasteiger partial charge >= 0.3 is 0 Å². The van der Waals surface area contributed by atoms with E-state index >= 15 is 0 Å². The molecular weight excluding hydrogens is 136 g/mol. The molecule has 0 heterocycles. The van der Waals surface area contributed by atoms with Crippen molar-refractivity contribution >= 4 is 0 Å². The second-order valence-electron chi connectivity index (χ2n) is 2.76. The van der Waals surface area contributed by atoms with Crippen LogP contribution in [0.4, 0.5) is 8.78 Å². The Morgan fingerprint density at radius 2 is 2.30 bits per heavy atom. The van der Waals surface area contributed by atoms with Crippen LogP contribution in [0.5, 0.6) is 0 Å². The molecule has 0 saturated heterocycles. The third-order valence-corrected chi connectivity index (χ3v) is 1.96. The highest BCUT2D eigenvalue weighted by Crippen LogP contribution is 2.34. The molecule has 1 unspecified atom stereocenters. The molecular formula is C7H13F2N. The minimum Gasteiger partial charge on any atom is -0.309 e. The van der Waals surface area contributed by atoms with Gasteiger partial charge in [-0.1, -0.05) is 6.92 Å². The normalized spacial score (nSPS) is 30.9. The van der Waals surface area contributed by atoms with Gasteiger partial charge in [0.1, 0.15) is 0 Å². The molecule has 0 aromatic carbocycles. The predicted octanol–water partition coefficient (Wildman–Crippen LogP) is 1.78. The van der Waals surface area contributed by atoms with Crippen LogP contribution in [0.15, 0.2) is 0 Å². The molecule has 1 fully saturated rings. The smallest absolute Gasteiger partial charge is 0.263 e. The van der Waals surface area contributed by atoms with E-state index in [1.165, 1.54) is 0 Å². The van der Waals surface area contributed by atoms with E-state index in [1.54, 1.807) is 0 Å². The second-order valence-corrected chi connectivity index (χ2v) is 2.76. The minimum atomic E-state index is -2.45. The zero-order valence-electron chi connectivity index (χ0n) is 6.16. The Hall–Kier alpha value is -0.180. The number of nitrogens with one attached hydrogen (secondary N) is 1. The van der Waals surface area contributed by atoms with Crippen LogP contribution in [0.25, 0.3) is 0 Å². The summed E-state index contributed by atoms with van der Waals surface area (Å²) in [5.74, 6) is -2.45. The molecule has 1 atom stereocenters. The van der Waals surface area contributed by atoms with Crippen LogP contribution in [0.1, 0.15) is 26.2 Å². The zero-order chi connectivity index (χ0) is 7.61. The summed E-state index contributed by atoms with van der Waals surface area (Å²) in [6, 6.07) is -0.558. The predicted molar refractivity (Wildman–Crippen MR) is 36.3 cm³/mol. The quantitative estimate of drug-likeness (QED) is 0.631. The third kappa shape index (κ3) is 1.45. The zero-order valence-corrected chi connectivity index (χ0v) is 6.16. The summed E-state index contributed by atoms with van der Waals surface area (Å²) in [6.45, 7) is 2.49. The third-order valence-electron chi connectivity index (χ3n) is 1.96. The maximum Gasteiger partial charge on any atom is 0.263 e. The van der Waals surface area contributed by atoms with Crippen molar-refractivity contribution in [3.05, 3.63) is 0 Å². The van der Waals surface area contributed by atoms with Crippen LogP contribution < -0.4 is 5.32 Å². The lowest BCUT2D eigenvalue weighted by Crippen LogP contribution is -2.40. The largest absolute Gasteiger partial charge is 0.309 e. The van der Waals surface area contributed by atoms with Gasteiger partial charge in [-0.3, -0.25) is 0 Å². The molecule has 0 aliphatic heterocycles. The Morgan fingerprint density at radius 3 is 2.70 bits per heavy atom. The molecule has 0 amide bonds. The average molecular weight is 149 g/mol. The number of alkyl halides is 2. The fourth-order valence-corrected chi connectivity index (χ4v) is 1.43. The first-order chi connectivity index (χ1) is 4.67. The van der Waals surface area contributed by atoms with Gasteiger partial charge in [-0.05, 0) is 19.4 Å². The SMILES string of the molecule is CCNC1CCCC1(F)F. The summed E-state index contributed by atoms with van der Waals surface area (Å²) in [5.41, 5.74) is 0. The number of halogens is 2. The average Bonchev–Trinajstić information content (AvgIpc) is 2.13. The Labute approximate surface area is 59.8 Å². The molecule has 0 spiro atoms. The van der Waals surface area contributed by atoms with E-state index in [-0.39, 0.29) is 6.42 Å². The van der Waals surface area contributed by atoms with Crippen molar-refractivity contribution in [1.82, 2.24) is 5.32 Å². The monoisotopic (exact) mass is 149 g/mol. The summed E-state index contributed by atoms with van der Waals surface area (Å²) >= 11 is 0. The fraction of sp³-hybridized carbons (Fsp3) is 1.00. The minimum absolute atomic E-state index is 0.0602. The maximum atomic E-state index is 12.7. The van der Waals surface area contributed by atoms with Gasteiger partial charge < -0.3 is 5.32 Å². The first-order valence-corrected chi connectivity index (χ1v) is 3.78. The topological polar surface area (TPSA) is 12.0 Å². The van der Waals surface area contributed by atoms with Crippen LogP contribution in [0, 0.1) is 0 Å². The van der Waals surface area contributed by atoms with Crippen LogP contribution in [0.3, 0.4) is 0 Å². The molecule has 3 heteroatoms. The van der Waals surface area contributed by atoms with Gasteiger partial charge in [0, 0.05) is 6.42 Å². The molecule has 1 saturated carbocycles. The van der Waals surface area contributed by atoms with E-state index in [0.29, 0.717) is 19.4 Å². The molecule has 60 valence electrons. The molecule has 1 nitrogen and oxygen atoms in total. The molecule has 1 aliphatic rings. The molecule has 10 heavy (non-hydrogen) atoms. The molecule has 1 N–H and O–H groups in total. The molecule has 0 aromatic rings. The van der Waals surface area contributed by atoms with Gasteiger partial charge in [-0.2, -0.15) is 0 Å². The van der Waals surface area contributed by atoms with Gasteiger partial charge in [-0.25, -0.2) is 8.78 Å². The Kier molecular flexibility index (Phi) is 2.24. The molecule has 0 bridgehead atoms. The highest BCUT2D eigenvalue weighted by molar-refractivity contribution is 4.89. The van der Waals surface area contributed by atoms with Gasteiger partial charge in [0.25, 0.3) is 5.92 Å². The summed E-state index contributed by atoms with van der Waals surface area (Å²) in [4.78, 5) is 0. The van der Waals surface area contributed by atoms with E-state index in [1.807, 2.05) is 6.92 Å². The van der Waals surface area contributed by atoms with Crippen molar-refractivity contribution in [2.24, 2.45) is 0 Å². The summed E-state index contributed by atoms with van der Waals surface area (Å²) < 4.78 is 25.5. The molecule has 0 aromatic heterocycles. The van der Waals surface area contributed by atoms with Crippen molar-refractivity contribution in [2.75, 3.05) is 6.54 Å². The lowest BCUT2D eigenvalue weighted by molar-refractivity contribution is -0.0172. The number of rotatable bonds is 2. The van der Waals surface area contributed by atoms with E-state index in [0.717, 1.165) is 0 Å². The highest BCUT2D eigenvalue weighted by Gasteiger charge is 2.42. The molecule has 1 rings (SSSR count). The molecule has 0 radical (unpaired) electrons. The number of hydrogen-bond acceptors (Lipinski definition) is 1. The van der Waals surface area contributed by atoms with E-state index in [4.69, 9.17) is 0 Å². The Morgan fingerprint density at radius 1 is 1.60 bits per heavy atom. The lowest BCUT2D eigenvalue weighted by atomic mass is 10.2. The van der Waals surface area contributed by atoms with Gasteiger partial charge in [0.15, 0.2) is 0 Å². The molecule has 1 aliphatic carbocycles. The Bertz CT molecular complexity index is 114. The van der Waals surface area contributed by atoms with E-state index in [9.17, 15) is 8.78 Å². The van der Waals surface area contributed by atoms with Crippen LogP contribution >= 0.6 is 0 Å². The maximum absolute atomic E-state index is 12.7. The van der Waals surface area contributed by atoms with Gasteiger partial charge in [0.2, 0.25) is 0 Å². The van der Waals surface area contributed by atoms with Gasteiger partial charge in [0.05, 0.1) is 6.04 Å². The van der Waals surface area contributed by atoms with Crippen molar-refractivity contribution in [3.63, 3.8) is 0 Å². The van der Waals surface area contributed by atoms with Crippen LogP contribution in [0.2, 0.25) is 0 Å². The number of hydrogen-bond donors (Lipinski definition) is 1. The van der Waals surface area contributed by atoms with Crippen LogP contribution in [-0.2, 0) is 0 Å². The first-order valence-electron chi connectivity index (χ1n) is 3.78. The van der Waals surface area contributed by atoms with E-state index < -0.39 is 12.0 Å². The lowest BCUT2D eigenvalue weighted by Gasteiger charge is -2.18. The van der Waals surface area contributed by atoms with Crippen molar-refractivity contribution in [1.29, 1.82) is 0 Å². The standard InChI is InChI=1S/C7H13F2N/c1-2-10-6-4-3-5-7(6,8)9/h6,10H,2-5H2,1H3.